The Hall–Kier alpha value is -2.32. The van der Waals surface area contributed by atoms with Crippen LogP contribution in [0.25, 0.3) is 10.8 Å². The predicted molar refractivity (Wildman–Crippen MR) is 90.5 cm³/mol. The molecule has 3 heteroatoms. The van der Waals surface area contributed by atoms with Gasteiger partial charge in [-0.05, 0) is 22.6 Å². The van der Waals surface area contributed by atoms with E-state index in [-0.39, 0.29) is 11.8 Å². The SMILES string of the molecule is O=C1C[C@@H](c2ccccc2Cl)c2ccc3ccccc3c2N1. The third-order valence-corrected chi connectivity index (χ3v) is 4.62. The summed E-state index contributed by atoms with van der Waals surface area (Å²) in [6.07, 6.45) is 0.426. The van der Waals surface area contributed by atoms with Crippen molar-refractivity contribution in [3.05, 3.63) is 76.8 Å². The van der Waals surface area contributed by atoms with Crippen LogP contribution < -0.4 is 5.32 Å². The molecule has 0 aliphatic carbocycles. The Morgan fingerprint density at radius 1 is 0.909 bits per heavy atom. The number of hydrogen-bond donors (Lipinski definition) is 1. The standard InChI is InChI=1S/C19H14ClNO/c20-17-8-4-3-7-14(17)16-11-18(22)21-19-13-6-2-1-5-12(13)9-10-15(16)19/h1-10,16H,11H2,(H,21,22)/t16-/m0/s1. The van der Waals surface area contributed by atoms with Crippen LogP contribution in [0.1, 0.15) is 23.5 Å². The second-order valence-electron chi connectivity index (χ2n) is 5.58. The molecule has 4 rings (SSSR count). The van der Waals surface area contributed by atoms with Crippen molar-refractivity contribution in [3.63, 3.8) is 0 Å². The quantitative estimate of drug-likeness (QED) is 0.676. The highest BCUT2D eigenvalue weighted by atomic mass is 35.5. The zero-order valence-electron chi connectivity index (χ0n) is 11.8. The van der Waals surface area contributed by atoms with Crippen LogP contribution in [0.3, 0.4) is 0 Å². The van der Waals surface area contributed by atoms with E-state index in [1.165, 1.54) is 0 Å². The lowest BCUT2D eigenvalue weighted by molar-refractivity contribution is -0.116. The molecule has 0 bridgehead atoms. The van der Waals surface area contributed by atoms with E-state index >= 15 is 0 Å². The summed E-state index contributed by atoms with van der Waals surface area (Å²) in [6.45, 7) is 0. The fourth-order valence-electron chi connectivity index (χ4n) is 3.24. The summed E-state index contributed by atoms with van der Waals surface area (Å²) in [7, 11) is 0. The Morgan fingerprint density at radius 2 is 1.68 bits per heavy atom. The van der Waals surface area contributed by atoms with Gasteiger partial charge in [0.15, 0.2) is 0 Å². The highest BCUT2D eigenvalue weighted by molar-refractivity contribution is 6.31. The monoisotopic (exact) mass is 307 g/mol. The first-order valence-electron chi connectivity index (χ1n) is 7.30. The minimum absolute atomic E-state index is 0.00190. The van der Waals surface area contributed by atoms with Crippen molar-refractivity contribution >= 4 is 34.0 Å². The Balaban J connectivity index is 1.97. The van der Waals surface area contributed by atoms with Crippen molar-refractivity contribution in [1.82, 2.24) is 0 Å². The molecular formula is C19H14ClNO. The molecule has 2 nitrogen and oxygen atoms in total. The number of hydrogen-bond acceptors (Lipinski definition) is 1. The number of halogens is 1. The second-order valence-corrected chi connectivity index (χ2v) is 5.98. The summed E-state index contributed by atoms with van der Waals surface area (Å²) in [5.74, 6) is 0.0378. The van der Waals surface area contributed by atoms with Gasteiger partial charge in [0.2, 0.25) is 5.91 Å². The van der Waals surface area contributed by atoms with Gasteiger partial charge in [-0.15, -0.1) is 0 Å². The number of fused-ring (bicyclic) bond motifs is 3. The Kier molecular flexibility index (Phi) is 3.12. The normalized spacial score (nSPS) is 17.1. The van der Waals surface area contributed by atoms with Crippen molar-refractivity contribution in [1.29, 1.82) is 0 Å². The first-order valence-corrected chi connectivity index (χ1v) is 7.68. The molecule has 3 aromatic rings. The first-order chi connectivity index (χ1) is 10.7. The lowest BCUT2D eigenvalue weighted by Crippen LogP contribution is -2.23. The van der Waals surface area contributed by atoms with E-state index < -0.39 is 0 Å². The van der Waals surface area contributed by atoms with E-state index in [4.69, 9.17) is 11.6 Å². The van der Waals surface area contributed by atoms with Gasteiger partial charge in [0, 0.05) is 22.7 Å². The van der Waals surface area contributed by atoms with E-state index in [9.17, 15) is 4.79 Å². The number of carbonyl (C=O) groups excluding carboxylic acids is 1. The van der Waals surface area contributed by atoms with Gasteiger partial charge in [-0.1, -0.05) is 66.2 Å². The fraction of sp³-hybridized carbons (Fsp3) is 0.105. The molecule has 1 amide bonds. The molecule has 1 aliphatic rings. The Bertz CT molecular complexity index is 887. The molecule has 3 aromatic carbocycles. The predicted octanol–water partition coefficient (Wildman–Crippen LogP) is 4.97. The topological polar surface area (TPSA) is 29.1 Å². The number of anilines is 1. The Labute approximate surface area is 133 Å². The zero-order valence-corrected chi connectivity index (χ0v) is 12.6. The third kappa shape index (κ3) is 2.08. The summed E-state index contributed by atoms with van der Waals surface area (Å²) < 4.78 is 0. The largest absolute Gasteiger partial charge is 0.325 e. The summed E-state index contributed by atoms with van der Waals surface area (Å²) in [4.78, 5) is 12.2. The number of carbonyl (C=O) groups is 1. The molecule has 0 radical (unpaired) electrons. The molecule has 22 heavy (non-hydrogen) atoms. The maximum absolute atomic E-state index is 12.2. The van der Waals surface area contributed by atoms with Gasteiger partial charge < -0.3 is 5.32 Å². The highest BCUT2D eigenvalue weighted by Gasteiger charge is 2.28. The van der Waals surface area contributed by atoms with E-state index in [1.807, 2.05) is 42.5 Å². The van der Waals surface area contributed by atoms with Crippen molar-refractivity contribution in [2.24, 2.45) is 0 Å². The van der Waals surface area contributed by atoms with E-state index in [1.54, 1.807) is 0 Å². The minimum atomic E-state index is 0.00190. The summed E-state index contributed by atoms with van der Waals surface area (Å²) in [5.41, 5.74) is 3.06. The zero-order chi connectivity index (χ0) is 15.1. The molecule has 0 saturated heterocycles. The van der Waals surface area contributed by atoms with E-state index in [0.717, 1.165) is 27.6 Å². The number of benzene rings is 3. The number of rotatable bonds is 1. The molecule has 1 atom stereocenters. The van der Waals surface area contributed by atoms with Gasteiger partial charge in [0.05, 0.1) is 5.69 Å². The molecule has 1 heterocycles. The van der Waals surface area contributed by atoms with Gasteiger partial charge in [-0.25, -0.2) is 0 Å². The molecular weight excluding hydrogens is 294 g/mol. The van der Waals surface area contributed by atoms with Gasteiger partial charge >= 0.3 is 0 Å². The molecule has 1 N–H and O–H groups in total. The van der Waals surface area contributed by atoms with Crippen LogP contribution in [-0.2, 0) is 4.79 Å². The molecule has 0 aromatic heterocycles. The lowest BCUT2D eigenvalue weighted by atomic mass is 9.83. The van der Waals surface area contributed by atoms with Gasteiger partial charge in [-0.3, -0.25) is 4.79 Å². The van der Waals surface area contributed by atoms with Crippen molar-refractivity contribution in [2.45, 2.75) is 12.3 Å². The van der Waals surface area contributed by atoms with Crippen LogP contribution in [0, 0.1) is 0 Å². The van der Waals surface area contributed by atoms with Crippen LogP contribution in [-0.4, -0.2) is 5.91 Å². The molecule has 1 aliphatic heterocycles. The molecule has 0 spiro atoms. The average molecular weight is 308 g/mol. The van der Waals surface area contributed by atoms with Crippen LogP contribution in [0.15, 0.2) is 60.7 Å². The maximum atomic E-state index is 12.2. The highest BCUT2D eigenvalue weighted by Crippen LogP contribution is 2.42. The summed E-state index contributed by atoms with van der Waals surface area (Å²) >= 11 is 6.36. The summed E-state index contributed by atoms with van der Waals surface area (Å²) in [6, 6.07) is 20.1. The maximum Gasteiger partial charge on any atom is 0.225 e. The van der Waals surface area contributed by atoms with Gasteiger partial charge in [0.25, 0.3) is 0 Å². The van der Waals surface area contributed by atoms with E-state index in [2.05, 4.69) is 23.5 Å². The van der Waals surface area contributed by atoms with Crippen molar-refractivity contribution < 1.29 is 4.79 Å². The van der Waals surface area contributed by atoms with Crippen LogP contribution in [0.5, 0.6) is 0 Å². The number of amides is 1. The van der Waals surface area contributed by atoms with E-state index in [0.29, 0.717) is 11.4 Å². The molecule has 0 fully saturated rings. The fourth-order valence-corrected chi connectivity index (χ4v) is 3.51. The van der Waals surface area contributed by atoms with Crippen LogP contribution in [0.4, 0.5) is 5.69 Å². The summed E-state index contributed by atoms with van der Waals surface area (Å²) in [5, 5.41) is 5.95. The van der Waals surface area contributed by atoms with Gasteiger partial charge in [-0.2, -0.15) is 0 Å². The smallest absolute Gasteiger partial charge is 0.225 e. The first kappa shape index (κ1) is 13.4. The minimum Gasteiger partial charge on any atom is -0.325 e. The lowest BCUT2D eigenvalue weighted by Gasteiger charge is -2.27. The molecule has 0 saturated carbocycles. The molecule has 0 unspecified atom stereocenters. The van der Waals surface area contributed by atoms with Crippen LogP contribution in [0.2, 0.25) is 5.02 Å². The second kappa shape index (κ2) is 5.15. The van der Waals surface area contributed by atoms with Crippen LogP contribution >= 0.6 is 11.6 Å². The van der Waals surface area contributed by atoms with Crippen molar-refractivity contribution in [3.8, 4) is 0 Å². The van der Waals surface area contributed by atoms with Crippen molar-refractivity contribution in [2.75, 3.05) is 5.32 Å². The average Bonchev–Trinajstić information content (AvgIpc) is 2.54. The number of nitrogens with one attached hydrogen (secondary N) is 1. The third-order valence-electron chi connectivity index (χ3n) is 4.27. The Morgan fingerprint density at radius 3 is 2.55 bits per heavy atom. The molecule has 108 valence electrons. The van der Waals surface area contributed by atoms with Gasteiger partial charge in [0.1, 0.15) is 0 Å².